The zero-order valence-electron chi connectivity index (χ0n) is 14.6. The number of aromatic carboxylic acids is 1. The Morgan fingerprint density at radius 1 is 1.33 bits per heavy atom. The Hall–Kier alpha value is -2.51. The minimum atomic E-state index is -1.28. The van der Waals surface area contributed by atoms with Gasteiger partial charge in [0, 0.05) is 34.6 Å². The molecule has 1 aliphatic heterocycles. The second kappa shape index (κ2) is 5.74. The van der Waals surface area contributed by atoms with Gasteiger partial charge in [0.1, 0.15) is 11.4 Å². The first kappa shape index (κ1) is 16.6. The number of aromatic nitrogens is 1. The number of pyridine rings is 2. The van der Waals surface area contributed by atoms with E-state index in [0.29, 0.717) is 16.6 Å². The van der Waals surface area contributed by atoms with Crippen molar-refractivity contribution in [2.45, 2.75) is 38.8 Å². The molecule has 0 radical (unpaired) electrons. The molecule has 1 fully saturated rings. The van der Waals surface area contributed by atoms with Crippen molar-refractivity contribution in [2.75, 3.05) is 0 Å². The highest BCUT2D eigenvalue weighted by Crippen LogP contribution is 2.45. The molecular weight excluding hydrogens is 367 g/mol. The van der Waals surface area contributed by atoms with Crippen LogP contribution in [0.4, 0.5) is 4.39 Å². The van der Waals surface area contributed by atoms with Gasteiger partial charge in [0.05, 0.1) is 5.52 Å². The molecule has 0 aromatic carbocycles. The van der Waals surface area contributed by atoms with Gasteiger partial charge in [0.25, 0.3) is 5.56 Å². The Morgan fingerprint density at radius 2 is 2.11 bits per heavy atom. The average Bonchev–Trinajstić information content (AvgIpc) is 3.24. The number of aryl methyl sites for hydroxylation is 1. The van der Waals surface area contributed by atoms with E-state index in [2.05, 4.69) is 5.32 Å². The number of hydrogen-bond donors (Lipinski definition) is 2. The predicted molar refractivity (Wildman–Crippen MR) is 101 cm³/mol. The van der Waals surface area contributed by atoms with Crippen molar-refractivity contribution in [1.82, 2.24) is 9.72 Å². The number of rotatable bonds is 3. The standard InChI is InChI=1S/C20H17FN2O3S/c1-9-17(15-4-11-6-22-7-16(11)27-15)14(21)8-23-18(9)12(10-2-3-10)5-13(19(23)24)20(25)26/h4-5,8,10,22H,2-3,6-7H2,1H3,(H,25,26). The summed E-state index contributed by atoms with van der Waals surface area (Å²) in [5.74, 6) is -1.55. The van der Waals surface area contributed by atoms with Crippen LogP contribution in [0.3, 0.4) is 0 Å². The maximum atomic E-state index is 15.1. The third kappa shape index (κ3) is 2.45. The Morgan fingerprint density at radius 3 is 2.78 bits per heavy atom. The van der Waals surface area contributed by atoms with Crippen molar-refractivity contribution in [1.29, 1.82) is 0 Å². The maximum absolute atomic E-state index is 15.1. The van der Waals surface area contributed by atoms with Crippen molar-refractivity contribution in [3.63, 3.8) is 0 Å². The first-order chi connectivity index (χ1) is 13.0. The summed E-state index contributed by atoms with van der Waals surface area (Å²) in [5.41, 5.74) is 2.88. The molecule has 3 aromatic heterocycles. The van der Waals surface area contributed by atoms with Crippen LogP contribution in [0.5, 0.6) is 0 Å². The second-order valence-corrected chi connectivity index (χ2v) is 8.39. The molecule has 1 aliphatic carbocycles. The van der Waals surface area contributed by atoms with E-state index >= 15 is 4.39 Å². The van der Waals surface area contributed by atoms with Gasteiger partial charge in [0.15, 0.2) is 0 Å². The van der Waals surface area contributed by atoms with Crippen molar-refractivity contribution < 1.29 is 14.3 Å². The molecule has 1 saturated carbocycles. The number of hydrogen-bond acceptors (Lipinski definition) is 4. The van der Waals surface area contributed by atoms with E-state index in [9.17, 15) is 14.7 Å². The van der Waals surface area contributed by atoms with Crippen molar-refractivity contribution in [3.05, 3.63) is 61.6 Å². The van der Waals surface area contributed by atoms with Crippen LogP contribution in [-0.2, 0) is 13.1 Å². The van der Waals surface area contributed by atoms with Crippen LogP contribution in [0.25, 0.3) is 16.0 Å². The first-order valence-corrected chi connectivity index (χ1v) is 9.71. The predicted octanol–water partition coefficient (Wildman–Crippen LogP) is 3.65. The summed E-state index contributed by atoms with van der Waals surface area (Å²) in [4.78, 5) is 26.2. The molecule has 0 amide bonds. The molecule has 2 aliphatic rings. The molecule has 5 rings (SSSR count). The molecule has 0 spiro atoms. The molecule has 5 nitrogen and oxygen atoms in total. The number of nitrogens with zero attached hydrogens (tertiary/aromatic N) is 1. The highest BCUT2D eigenvalue weighted by Gasteiger charge is 2.30. The molecule has 0 bridgehead atoms. The van der Waals surface area contributed by atoms with Crippen molar-refractivity contribution in [2.24, 2.45) is 0 Å². The van der Waals surface area contributed by atoms with Gasteiger partial charge in [-0.1, -0.05) is 0 Å². The van der Waals surface area contributed by atoms with Crippen LogP contribution < -0.4 is 10.9 Å². The van der Waals surface area contributed by atoms with Crippen LogP contribution >= 0.6 is 11.3 Å². The summed E-state index contributed by atoms with van der Waals surface area (Å²) in [6.07, 6.45) is 3.07. The highest BCUT2D eigenvalue weighted by atomic mass is 32.1. The molecule has 3 aromatic rings. The summed E-state index contributed by atoms with van der Waals surface area (Å²) in [6, 6.07) is 3.51. The Bertz CT molecular complexity index is 1170. The molecule has 0 saturated heterocycles. The van der Waals surface area contributed by atoms with E-state index in [1.807, 2.05) is 13.0 Å². The minimum absolute atomic E-state index is 0.230. The van der Waals surface area contributed by atoms with Gasteiger partial charge >= 0.3 is 5.97 Å². The molecular formula is C20H17FN2O3S. The number of carboxylic acids is 1. The SMILES string of the molecule is Cc1c(-c2cc3c(s2)CNC3)c(F)cn2c(=O)c(C(=O)O)cc(C3CC3)c12. The summed E-state index contributed by atoms with van der Waals surface area (Å²) in [5, 5.41) is 12.7. The van der Waals surface area contributed by atoms with E-state index < -0.39 is 17.3 Å². The van der Waals surface area contributed by atoms with Gasteiger partial charge in [-0.05, 0) is 54.5 Å². The van der Waals surface area contributed by atoms with Gasteiger partial charge in [-0.2, -0.15) is 0 Å². The van der Waals surface area contributed by atoms with Crippen LogP contribution in [0.1, 0.15) is 50.7 Å². The van der Waals surface area contributed by atoms with Crippen molar-refractivity contribution >= 4 is 22.8 Å². The normalized spacial score (nSPS) is 16.1. The quantitative estimate of drug-likeness (QED) is 0.723. The van der Waals surface area contributed by atoms with E-state index in [1.54, 1.807) is 11.3 Å². The molecule has 4 heterocycles. The summed E-state index contributed by atoms with van der Waals surface area (Å²) in [6.45, 7) is 3.40. The van der Waals surface area contributed by atoms with E-state index in [1.165, 1.54) is 20.9 Å². The van der Waals surface area contributed by atoms with Gasteiger partial charge in [-0.3, -0.25) is 9.20 Å². The molecule has 138 valence electrons. The van der Waals surface area contributed by atoms with Gasteiger partial charge < -0.3 is 10.4 Å². The molecule has 7 heteroatoms. The topological polar surface area (TPSA) is 70.8 Å². The van der Waals surface area contributed by atoms with Crippen LogP contribution in [0, 0.1) is 12.7 Å². The zero-order chi connectivity index (χ0) is 18.9. The van der Waals surface area contributed by atoms with Gasteiger partial charge in [-0.25, -0.2) is 9.18 Å². The number of fused-ring (bicyclic) bond motifs is 2. The number of carbonyl (C=O) groups is 1. The van der Waals surface area contributed by atoms with Crippen LogP contribution in [-0.4, -0.2) is 15.5 Å². The Labute approximate surface area is 158 Å². The molecule has 0 unspecified atom stereocenters. The van der Waals surface area contributed by atoms with Gasteiger partial charge in [-0.15, -0.1) is 11.3 Å². The first-order valence-electron chi connectivity index (χ1n) is 8.90. The Kier molecular flexibility index (Phi) is 3.54. The van der Waals surface area contributed by atoms with E-state index in [0.717, 1.165) is 42.6 Å². The number of carboxylic acid groups (broad SMARTS) is 1. The lowest BCUT2D eigenvalue weighted by Gasteiger charge is -2.15. The minimum Gasteiger partial charge on any atom is -0.477 e. The average molecular weight is 384 g/mol. The second-order valence-electron chi connectivity index (χ2n) is 7.26. The lowest BCUT2D eigenvalue weighted by molar-refractivity contribution is 0.0694. The molecule has 2 N–H and O–H groups in total. The Balaban J connectivity index is 1.84. The van der Waals surface area contributed by atoms with Gasteiger partial charge in [0.2, 0.25) is 0 Å². The largest absolute Gasteiger partial charge is 0.477 e. The van der Waals surface area contributed by atoms with E-state index in [4.69, 9.17) is 0 Å². The smallest absolute Gasteiger partial charge is 0.341 e. The van der Waals surface area contributed by atoms with Crippen LogP contribution in [0.2, 0.25) is 0 Å². The number of thiophene rings is 1. The fraction of sp³-hybridized carbons (Fsp3) is 0.300. The number of halogens is 1. The maximum Gasteiger partial charge on any atom is 0.341 e. The highest BCUT2D eigenvalue weighted by molar-refractivity contribution is 7.15. The monoisotopic (exact) mass is 384 g/mol. The third-order valence-corrected chi connectivity index (χ3v) is 6.66. The third-order valence-electron chi connectivity index (χ3n) is 5.47. The number of nitrogens with one attached hydrogen (secondary N) is 1. The summed E-state index contributed by atoms with van der Waals surface area (Å²) < 4.78 is 16.3. The lowest BCUT2D eigenvalue weighted by Crippen LogP contribution is -2.24. The summed E-state index contributed by atoms with van der Waals surface area (Å²) in [7, 11) is 0. The fourth-order valence-corrected chi connectivity index (χ4v) is 5.27. The summed E-state index contributed by atoms with van der Waals surface area (Å²) >= 11 is 1.57. The molecule has 27 heavy (non-hydrogen) atoms. The zero-order valence-corrected chi connectivity index (χ0v) is 15.5. The van der Waals surface area contributed by atoms with E-state index in [-0.39, 0.29) is 11.5 Å². The fourth-order valence-electron chi connectivity index (χ4n) is 4.01. The van der Waals surface area contributed by atoms with Crippen LogP contribution in [0.15, 0.2) is 23.1 Å². The van der Waals surface area contributed by atoms with Crippen molar-refractivity contribution in [3.8, 4) is 10.4 Å². The molecule has 0 atom stereocenters. The lowest BCUT2D eigenvalue weighted by atomic mass is 9.99.